The standard InChI is InChI=1S/C13H20N4S/c1-8-10-11(16(4)15-8)17(12(18)14-10)9-5-6-13(2,3)7-9/h9H,5-7H2,1-4H3,(H,14,18). The van der Waals surface area contributed by atoms with E-state index in [4.69, 9.17) is 12.2 Å². The van der Waals surface area contributed by atoms with Crippen molar-refractivity contribution in [3.63, 3.8) is 0 Å². The number of nitrogens with one attached hydrogen (secondary N) is 1. The molecule has 2 aromatic heterocycles. The first kappa shape index (κ1) is 12.0. The van der Waals surface area contributed by atoms with Gasteiger partial charge in [0.05, 0.1) is 5.69 Å². The quantitative estimate of drug-likeness (QED) is 0.801. The summed E-state index contributed by atoms with van der Waals surface area (Å²) in [7, 11) is 1.99. The Kier molecular flexibility index (Phi) is 2.46. The minimum Gasteiger partial charge on any atom is -0.328 e. The second kappa shape index (κ2) is 3.70. The van der Waals surface area contributed by atoms with Gasteiger partial charge in [-0.1, -0.05) is 13.8 Å². The third-order valence-electron chi connectivity index (χ3n) is 4.18. The van der Waals surface area contributed by atoms with Crippen molar-refractivity contribution < 1.29 is 0 Å². The molecule has 0 bridgehead atoms. The fraction of sp³-hybridized carbons (Fsp3) is 0.692. The van der Waals surface area contributed by atoms with Crippen LogP contribution in [0.5, 0.6) is 0 Å². The van der Waals surface area contributed by atoms with Gasteiger partial charge in [-0.15, -0.1) is 0 Å². The summed E-state index contributed by atoms with van der Waals surface area (Å²) in [5.74, 6) is 0. The molecule has 3 rings (SSSR count). The summed E-state index contributed by atoms with van der Waals surface area (Å²) >= 11 is 5.50. The molecule has 0 amide bonds. The van der Waals surface area contributed by atoms with Crippen molar-refractivity contribution in [1.29, 1.82) is 0 Å². The average Bonchev–Trinajstić information content (AvgIpc) is 2.85. The van der Waals surface area contributed by atoms with E-state index in [0.29, 0.717) is 11.5 Å². The van der Waals surface area contributed by atoms with E-state index in [1.165, 1.54) is 19.3 Å². The highest BCUT2D eigenvalue weighted by molar-refractivity contribution is 7.71. The fourth-order valence-electron chi connectivity index (χ4n) is 3.29. The lowest BCUT2D eigenvalue weighted by atomic mass is 9.92. The molecule has 1 aliphatic carbocycles. The number of aryl methyl sites for hydroxylation is 2. The number of nitrogens with zero attached hydrogens (tertiary/aromatic N) is 3. The summed E-state index contributed by atoms with van der Waals surface area (Å²) < 4.78 is 5.06. The number of imidazole rings is 1. The number of aromatic nitrogens is 4. The number of hydrogen-bond acceptors (Lipinski definition) is 2. The lowest BCUT2D eigenvalue weighted by molar-refractivity contribution is 0.359. The number of hydrogen-bond donors (Lipinski definition) is 1. The predicted molar refractivity (Wildman–Crippen MR) is 75.3 cm³/mol. The Morgan fingerprint density at radius 3 is 2.78 bits per heavy atom. The highest BCUT2D eigenvalue weighted by Gasteiger charge is 2.33. The molecule has 1 saturated carbocycles. The van der Waals surface area contributed by atoms with E-state index < -0.39 is 0 Å². The van der Waals surface area contributed by atoms with Crippen molar-refractivity contribution in [3.05, 3.63) is 10.5 Å². The highest BCUT2D eigenvalue weighted by Crippen LogP contribution is 2.44. The van der Waals surface area contributed by atoms with Gasteiger partial charge in [-0.25, -0.2) is 0 Å². The molecule has 1 N–H and O–H groups in total. The van der Waals surface area contributed by atoms with Crippen molar-refractivity contribution in [3.8, 4) is 0 Å². The summed E-state index contributed by atoms with van der Waals surface area (Å²) in [5.41, 5.74) is 3.68. The minimum atomic E-state index is 0.427. The Labute approximate surface area is 112 Å². The van der Waals surface area contributed by atoms with Crippen LogP contribution in [0.1, 0.15) is 44.8 Å². The molecule has 0 saturated heterocycles. The Bertz CT molecular complexity index is 658. The Balaban J connectivity index is 2.18. The van der Waals surface area contributed by atoms with Gasteiger partial charge in [0.2, 0.25) is 0 Å². The second-order valence-corrected chi connectivity index (χ2v) is 6.66. The number of aromatic amines is 1. The maximum absolute atomic E-state index is 5.50. The van der Waals surface area contributed by atoms with E-state index in [2.05, 4.69) is 28.5 Å². The first-order valence-corrected chi connectivity index (χ1v) is 6.94. The van der Waals surface area contributed by atoms with E-state index in [-0.39, 0.29) is 0 Å². The van der Waals surface area contributed by atoms with Crippen molar-refractivity contribution in [2.75, 3.05) is 0 Å². The molecule has 4 nitrogen and oxygen atoms in total. The molecule has 0 aliphatic heterocycles. The van der Waals surface area contributed by atoms with Crippen LogP contribution in [0.15, 0.2) is 0 Å². The molecule has 18 heavy (non-hydrogen) atoms. The highest BCUT2D eigenvalue weighted by atomic mass is 32.1. The van der Waals surface area contributed by atoms with Gasteiger partial charge in [0.25, 0.3) is 0 Å². The van der Waals surface area contributed by atoms with Gasteiger partial charge >= 0.3 is 0 Å². The van der Waals surface area contributed by atoms with Crippen LogP contribution in [0, 0.1) is 17.1 Å². The van der Waals surface area contributed by atoms with Crippen LogP contribution in [0.2, 0.25) is 0 Å². The maximum atomic E-state index is 5.50. The molecule has 1 unspecified atom stereocenters. The maximum Gasteiger partial charge on any atom is 0.179 e. The summed E-state index contributed by atoms with van der Waals surface area (Å²) in [4.78, 5) is 3.31. The summed E-state index contributed by atoms with van der Waals surface area (Å²) in [6.07, 6.45) is 3.67. The zero-order chi connectivity index (χ0) is 13.1. The summed E-state index contributed by atoms with van der Waals surface area (Å²) in [6.45, 7) is 6.71. The van der Waals surface area contributed by atoms with Gasteiger partial charge in [-0.05, 0) is 43.8 Å². The Morgan fingerprint density at radius 2 is 2.17 bits per heavy atom. The van der Waals surface area contributed by atoms with Crippen LogP contribution in [0.3, 0.4) is 0 Å². The van der Waals surface area contributed by atoms with Gasteiger partial charge in [-0.3, -0.25) is 9.25 Å². The van der Waals surface area contributed by atoms with E-state index in [9.17, 15) is 0 Å². The molecule has 2 heterocycles. The smallest absolute Gasteiger partial charge is 0.179 e. The number of rotatable bonds is 1. The molecule has 1 fully saturated rings. The van der Waals surface area contributed by atoms with Crippen LogP contribution in [0.4, 0.5) is 0 Å². The lowest BCUT2D eigenvalue weighted by Gasteiger charge is -2.18. The Hall–Kier alpha value is -1.10. The van der Waals surface area contributed by atoms with Crippen molar-refractivity contribution >= 4 is 23.4 Å². The number of fused-ring (bicyclic) bond motifs is 1. The normalized spacial score (nSPS) is 23.0. The van der Waals surface area contributed by atoms with Gasteiger partial charge < -0.3 is 4.98 Å². The average molecular weight is 264 g/mol. The van der Waals surface area contributed by atoms with E-state index in [1.807, 2.05) is 18.7 Å². The van der Waals surface area contributed by atoms with E-state index in [0.717, 1.165) is 21.6 Å². The monoisotopic (exact) mass is 264 g/mol. The van der Waals surface area contributed by atoms with Crippen LogP contribution in [0.25, 0.3) is 11.2 Å². The molecule has 1 atom stereocenters. The van der Waals surface area contributed by atoms with Crippen LogP contribution in [-0.4, -0.2) is 19.3 Å². The first-order chi connectivity index (χ1) is 8.39. The van der Waals surface area contributed by atoms with Gasteiger partial charge in [0.15, 0.2) is 10.4 Å². The third-order valence-corrected chi connectivity index (χ3v) is 4.48. The lowest BCUT2D eigenvalue weighted by Crippen LogP contribution is -2.11. The second-order valence-electron chi connectivity index (χ2n) is 6.27. The molecule has 5 heteroatoms. The third kappa shape index (κ3) is 1.64. The van der Waals surface area contributed by atoms with Crippen molar-refractivity contribution in [2.45, 2.75) is 46.1 Å². The summed E-state index contributed by atoms with van der Waals surface area (Å²) in [6, 6.07) is 0.510. The molecule has 0 aromatic carbocycles. The zero-order valence-corrected chi connectivity index (χ0v) is 12.3. The molecule has 2 aromatic rings. The van der Waals surface area contributed by atoms with Crippen molar-refractivity contribution in [2.24, 2.45) is 12.5 Å². The van der Waals surface area contributed by atoms with Crippen LogP contribution in [-0.2, 0) is 7.05 Å². The van der Waals surface area contributed by atoms with Gasteiger partial charge in [0.1, 0.15) is 5.52 Å². The molecule has 0 radical (unpaired) electrons. The predicted octanol–water partition coefficient (Wildman–Crippen LogP) is 3.49. The summed E-state index contributed by atoms with van der Waals surface area (Å²) in [5, 5.41) is 4.48. The molecule has 98 valence electrons. The number of H-pyrrole nitrogens is 1. The van der Waals surface area contributed by atoms with E-state index in [1.54, 1.807) is 0 Å². The fourth-order valence-corrected chi connectivity index (χ4v) is 3.63. The minimum absolute atomic E-state index is 0.427. The topological polar surface area (TPSA) is 38.5 Å². The van der Waals surface area contributed by atoms with Gasteiger partial charge in [0, 0.05) is 13.1 Å². The molecular weight excluding hydrogens is 244 g/mol. The van der Waals surface area contributed by atoms with Crippen LogP contribution >= 0.6 is 12.2 Å². The Morgan fingerprint density at radius 1 is 1.44 bits per heavy atom. The molecule has 1 aliphatic rings. The molecular formula is C13H20N4S. The first-order valence-electron chi connectivity index (χ1n) is 6.53. The van der Waals surface area contributed by atoms with Crippen molar-refractivity contribution in [1.82, 2.24) is 19.3 Å². The van der Waals surface area contributed by atoms with E-state index >= 15 is 0 Å². The largest absolute Gasteiger partial charge is 0.328 e. The SMILES string of the molecule is Cc1nn(C)c2c1[nH]c(=S)n2C1CCC(C)(C)C1. The van der Waals surface area contributed by atoms with Gasteiger partial charge in [-0.2, -0.15) is 5.10 Å². The molecule has 0 spiro atoms. The zero-order valence-electron chi connectivity index (χ0n) is 11.4. The van der Waals surface area contributed by atoms with Crippen LogP contribution < -0.4 is 0 Å².